The maximum atomic E-state index is 13.2. The van der Waals surface area contributed by atoms with E-state index in [1.807, 2.05) is 0 Å². The van der Waals surface area contributed by atoms with Crippen LogP contribution in [0.25, 0.3) is 10.9 Å². The fourth-order valence-electron chi connectivity index (χ4n) is 1.43. The average Bonchev–Trinajstić information content (AvgIpc) is 2.43. The summed E-state index contributed by atoms with van der Waals surface area (Å²) in [7, 11) is 1.74. The Morgan fingerprint density at radius 3 is 2.79 bits per heavy atom. The number of hydrogen-bond acceptors (Lipinski definition) is 1. The van der Waals surface area contributed by atoms with Gasteiger partial charge in [-0.2, -0.15) is 0 Å². The molecule has 0 N–H and O–H groups in total. The van der Waals surface area contributed by atoms with Gasteiger partial charge in [-0.1, -0.05) is 11.6 Å². The number of carbonyl (C=O) groups excluding carboxylic acids is 1. The molecule has 1 aromatic heterocycles. The van der Waals surface area contributed by atoms with E-state index < -0.39 is 5.82 Å². The number of fused-ring (bicyclic) bond motifs is 1. The molecule has 0 radical (unpaired) electrons. The highest BCUT2D eigenvalue weighted by molar-refractivity contribution is 6.30. The van der Waals surface area contributed by atoms with Gasteiger partial charge in [0, 0.05) is 12.4 Å². The molecule has 0 aliphatic heterocycles. The van der Waals surface area contributed by atoms with Crippen LogP contribution < -0.4 is 0 Å². The summed E-state index contributed by atoms with van der Waals surface area (Å²) < 4.78 is 14.9. The predicted molar refractivity (Wildman–Crippen MR) is 53.3 cm³/mol. The summed E-state index contributed by atoms with van der Waals surface area (Å²) >= 11 is 5.85. The monoisotopic (exact) mass is 211 g/mol. The fraction of sp³-hybridized carbons (Fsp3) is 0.100. The van der Waals surface area contributed by atoms with E-state index in [-0.39, 0.29) is 5.56 Å². The van der Waals surface area contributed by atoms with Crippen molar-refractivity contribution >= 4 is 28.8 Å². The molecule has 0 fully saturated rings. The number of carbonyl (C=O) groups is 1. The SMILES string of the molecule is Cn1c(Cl)cc2cc(C=O)c(F)cc21. The van der Waals surface area contributed by atoms with Crippen molar-refractivity contribution in [3.05, 3.63) is 34.7 Å². The van der Waals surface area contributed by atoms with Gasteiger partial charge < -0.3 is 4.57 Å². The molecule has 2 nitrogen and oxygen atoms in total. The lowest BCUT2D eigenvalue weighted by Crippen LogP contribution is -1.90. The van der Waals surface area contributed by atoms with Crippen molar-refractivity contribution in [1.29, 1.82) is 0 Å². The Balaban J connectivity index is 2.85. The molecule has 0 aliphatic rings. The molecular formula is C10H7ClFNO. The van der Waals surface area contributed by atoms with Crippen molar-refractivity contribution in [1.82, 2.24) is 4.57 Å². The number of hydrogen-bond donors (Lipinski definition) is 0. The van der Waals surface area contributed by atoms with Gasteiger partial charge in [-0.25, -0.2) is 4.39 Å². The van der Waals surface area contributed by atoms with Gasteiger partial charge in [-0.3, -0.25) is 4.79 Å². The van der Waals surface area contributed by atoms with Crippen LogP contribution in [0, 0.1) is 5.82 Å². The average molecular weight is 212 g/mol. The van der Waals surface area contributed by atoms with Crippen LogP contribution in [0.4, 0.5) is 4.39 Å². The molecule has 1 aromatic carbocycles. The van der Waals surface area contributed by atoms with Crippen LogP contribution in [0.2, 0.25) is 5.15 Å². The molecule has 2 rings (SSSR count). The zero-order valence-electron chi connectivity index (χ0n) is 7.42. The van der Waals surface area contributed by atoms with Gasteiger partial charge in [0.1, 0.15) is 11.0 Å². The van der Waals surface area contributed by atoms with E-state index in [4.69, 9.17) is 11.6 Å². The van der Waals surface area contributed by atoms with Crippen LogP contribution in [-0.2, 0) is 7.05 Å². The highest BCUT2D eigenvalue weighted by Gasteiger charge is 2.08. The van der Waals surface area contributed by atoms with Crippen LogP contribution in [0.5, 0.6) is 0 Å². The third-order valence-corrected chi connectivity index (χ3v) is 2.59. The van der Waals surface area contributed by atoms with Crippen LogP contribution in [0.3, 0.4) is 0 Å². The third kappa shape index (κ3) is 1.21. The largest absolute Gasteiger partial charge is 0.335 e. The maximum absolute atomic E-state index is 13.2. The Morgan fingerprint density at radius 2 is 2.14 bits per heavy atom. The number of aryl methyl sites for hydroxylation is 1. The first-order valence-corrected chi connectivity index (χ1v) is 4.41. The number of aromatic nitrogens is 1. The van der Waals surface area contributed by atoms with Gasteiger partial charge >= 0.3 is 0 Å². The number of nitrogens with zero attached hydrogens (tertiary/aromatic N) is 1. The summed E-state index contributed by atoms with van der Waals surface area (Å²) in [6.45, 7) is 0. The topological polar surface area (TPSA) is 22.0 Å². The summed E-state index contributed by atoms with van der Waals surface area (Å²) in [6, 6.07) is 4.50. The summed E-state index contributed by atoms with van der Waals surface area (Å²) in [5.74, 6) is -0.523. The first-order chi connectivity index (χ1) is 6.63. The highest BCUT2D eigenvalue weighted by Crippen LogP contribution is 2.24. The second-order valence-corrected chi connectivity index (χ2v) is 3.46. The summed E-state index contributed by atoms with van der Waals surface area (Å²) in [5.41, 5.74) is 0.734. The van der Waals surface area contributed by atoms with Crippen molar-refractivity contribution in [2.45, 2.75) is 0 Å². The molecule has 0 saturated heterocycles. The molecule has 0 bridgehead atoms. The van der Waals surface area contributed by atoms with Gasteiger partial charge in [0.25, 0.3) is 0 Å². The first kappa shape index (κ1) is 9.21. The molecule has 14 heavy (non-hydrogen) atoms. The normalized spacial score (nSPS) is 10.8. The van der Waals surface area contributed by atoms with E-state index in [9.17, 15) is 9.18 Å². The molecule has 0 unspecified atom stereocenters. The van der Waals surface area contributed by atoms with Gasteiger partial charge in [-0.15, -0.1) is 0 Å². The molecule has 0 amide bonds. The van der Waals surface area contributed by atoms with Crippen molar-refractivity contribution in [2.75, 3.05) is 0 Å². The van der Waals surface area contributed by atoms with E-state index in [1.165, 1.54) is 12.1 Å². The standard InChI is InChI=1S/C10H7ClFNO/c1-13-9-4-8(12)7(5-14)2-6(9)3-10(13)11/h2-5H,1H3. The van der Waals surface area contributed by atoms with Crippen molar-refractivity contribution in [2.24, 2.45) is 7.05 Å². The first-order valence-electron chi connectivity index (χ1n) is 4.03. The van der Waals surface area contributed by atoms with Gasteiger partial charge in [0.2, 0.25) is 0 Å². The van der Waals surface area contributed by atoms with Crippen molar-refractivity contribution in [3.8, 4) is 0 Å². The van der Waals surface area contributed by atoms with Crippen LogP contribution in [-0.4, -0.2) is 10.9 Å². The van der Waals surface area contributed by atoms with Crippen LogP contribution >= 0.6 is 11.6 Å². The van der Waals surface area contributed by atoms with E-state index in [2.05, 4.69) is 0 Å². The number of rotatable bonds is 1. The van der Waals surface area contributed by atoms with Crippen LogP contribution in [0.15, 0.2) is 18.2 Å². The molecule has 0 spiro atoms. The van der Waals surface area contributed by atoms with Gasteiger partial charge in [-0.05, 0) is 18.2 Å². The molecule has 72 valence electrons. The Labute approximate surface area is 84.9 Å². The fourth-order valence-corrected chi connectivity index (χ4v) is 1.64. The molecule has 0 aliphatic carbocycles. The zero-order chi connectivity index (χ0) is 10.3. The quantitative estimate of drug-likeness (QED) is 0.665. The second-order valence-electron chi connectivity index (χ2n) is 3.08. The predicted octanol–water partition coefficient (Wildman–Crippen LogP) is 2.78. The molecular weight excluding hydrogens is 205 g/mol. The van der Waals surface area contributed by atoms with Gasteiger partial charge in [0.05, 0.1) is 11.1 Å². The summed E-state index contributed by atoms with van der Waals surface area (Å²) in [5, 5.41) is 1.28. The maximum Gasteiger partial charge on any atom is 0.153 e. The van der Waals surface area contributed by atoms with Gasteiger partial charge in [0.15, 0.2) is 6.29 Å². The van der Waals surface area contributed by atoms with E-state index >= 15 is 0 Å². The molecule has 0 atom stereocenters. The molecule has 0 saturated carbocycles. The molecule has 4 heteroatoms. The number of aldehydes is 1. The Bertz CT molecular complexity index is 518. The molecule has 1 heterocycles. The minimum Gasteiger partial charge on any atom is -0.335 e. The minimum absolute atomic E-state index is 0.0553. The Hall–Kier alpha value is -1.35. The zero-order valence-corrected chi connectivity index (χ0v) is 8.18. The van der Waals surface area contributed by atoms with Crippen LogP contribution in [0.1, 0.15) is 10.4 Å². The smallest absolute Gasteiger partial charge is 0.153 e. The minimum atomic E-state index is -0.523. The second kappa shape index (κ2) is 3.10. The number of halogens is 2. The summed E-state index contributed by atoms with van der Waals surface area (Å²) in [6.07, 6.45) is 0.496. The Kier molecular flexibility index (Phi) is 2.04. The number of benzene rings is 1. The molecule has 2 aromatic rings. The lowest BCUT2D eigenvalue weighted by molar-refractivity contribution is 0.112. The van der Waals surface area contributed by atoms with E-state index in [0.29, 0.717) is 17.0 Å². The lowest BCUT2D eigenvalue weighted by Gasteiger charge is -1.99. The lowest BCUT2D eigenvalue weighted by atomic mass is 10.1. The third-order valence-electron chi connectivity index (χ3n) is 2.23. The van der Waals surface area contributed by atoms with Crippen molar-refractivity contribution in [3.63, 3.8) is 0 Å². The van der Waals surface area contributed by atoms with E-state index in [1.54, 1.807) is 17.7 Å². The van der Waals surface area contributed by atoms with Crippen molar-refractivity contribution < 1.29 is 9.18 Å². The van der Waals surface area contributed by atoms with E-state index in [0.717, 1.165) is 5.39 Å². The summed E-state index contributed by atoms with van der Waals surface area (Å²) in [4.78, 5) is 10.5. The Morgan fingerprint density at radius 1 is 1.43 bits per heavy atom. The highest BCUT2D eigenvalue weighted by atomic mass is 35.5.